The van der Waals surface area contributed by atoms with Gasteiger partial charge in [0.1, 0.15) is 5.75 Å². The second kappa shape index (κ2) is 7.49. The molecule has 0 radical (unpaired) electrons. The first-order valence-corrected chi connectivity index (χ1v) is 5.88. The normalized spacial score (nSPS) is 10.4. The van der Waals surface area contributed by atoms with Crippen LogP contribution in [0.2, 0.25) is 5.02 Å². The van der Waals surface area contributed by atoms with Crippen molar-refractivity contribution in [1.82, 2.24) is 0 Å². The zero-order chi connectivity index (χ0) is 11.8. The topological polar surface area (TPSA) is 55.5 Å². The molecule has 90 valence electrons. The van der Waals surface area contributed by atoms with E-state index in [-0.39, 0.29) is 6.61 Å². The van der Waals surface area contributed by atoms with E-state index in [0.29, 0.717) is 23.9 Å². The van der Waals surface area contributed by atoms with Gasteiger partial charge in [0, 0.05) is 18.7 Å². The standard InChI is InChI=1S/C12H18ClNO2/c13-11-6-4-5-10(9-14)12(11)16-8-3-1-2-7-15/h4-6,15H,1-3,7-9,14H2. The number of nitrogens with two attached hydrogens (primary N) is 1. The molecule has 0 saturated carbocycles. The molecule has 0 aliphatic heterocycles. The fourth-order valence-electron chi connectivity index (χ4n) is 1.44. The van der Waals surface area contributed by atoms with Gasteiger partial charge in [-0.05, 0) is 25.3 Å². The highest BCUT2D eigenvalue weighted by Crippen LogP contribution is 2.28. The lowest BCUT2D eigenvalue weighted by Gasteiger charge is -2.11. The molecule has 3 N–H and O–H groups in total. The molecule has 0 fully saturated rings. The molecule has 0 aromatic heterocycles. The Hall–Kier alpha value is -0.770. The predicted octanol–water partition coefficient (Wildman–Crippen LogP) is 2.34. The Morgan fingerprint density at radius 3 is 2.75 bits per heavy atom. The van der Waals surface area contributed by atoms with E-state index in [0.717, 1.165) is 24.8 Å². The van der Waals surface area contributed by atoms with E-state index in [9.17, 15) is 0 Å². The third kappa shape index (κ3) is 4.00. The van der Waals surface area contributed by atoms with Gasteiger partial charge in [-0.25, -0.2) is 0 Å². The van der Waals surface area contributed by atoms with Gasteiger partial charge in [0.15, 0.2) is 0 Å². The summed E-state index contributed by atoms with van der Waals surface area (Å²) >= 11 is 6.03. The van der Waals surface area contributed by atoms with Gasteiger partial charge in [-0.3, -0.25) is 0 Å². The second-order valence-corrected chi connectivity index (χ2v) is 3.97. The van der Waals surface area contributed by atoms with Crippen LogP contribution in [0.5, 0.6) is 5.75 Å². The Morgan fingerprint density at radius 1 is 1.25 bits per heavy atom. The maximum Gasteiger partial charge on any atom is 0.142 e. The second-order valence-electron chi connectivity index (χ2n) is 3.56. The minimum absolute atomic E-state index is 0.236. The number of para-hydroxylation sites is 1. The van der Waals surface area contributed by atoms with E-state index < -0.39 is 0 Å². The molecule has 0 atom stereocenters. The van der Waals surface area contributed by atoms with Crippen LogP contribution in [0, 0.1) is 0 Å². The third-order valence-corrected chi connectivity index (χ3v) is 2.61. The summed E-state index contributed by atoms with van der Waals surface area (Å²) in [5.74, 6) is 0.690. The molecular weight excluding hydrogens is 226 g/mol. The van der Waals surface area contributed by atoms with E-state index >= 15 is 0 Å². The monoisotopic (exact) mass is 243 g/mol. The maximum atomic E-state index is 8.63. The number of unbranched alkanes of at least 4 members (excludes halogenated alkanes) is 2. The van der Waals surface area contributed by atoms with Crippen molar-refractivity contribution in [3.05, 3.63) is 28.8 Å². The lowest BCUT2D eigenvalue weighted by molar-refractivity contribution is 0.265. The Balaban J connectivity index is 2.46. The average molecular weight is 244 g/mol. The molecule has 0 saturated heterocycles. The number of aliphatic hydroxyl groups is 1. The summed E-state index contributed by atoms with van der Waals surface area (Å²) < 4.78 is 5.61. The summed E-state index contributed by atoms with van der Waals surface area (Å²) in [5.41, 5.74) is 6.53. The van der Waals surface area contributed by atoms with Gasteiger partial charge in [-0.2, -0.15) is 0 Å². The largest absolute Gasteiger partial charge is 0.492 e. The molecule has 0 spiro atoms. The summed E-state index contributed by atoms with van der Waals surface area (Å²) in [4.78, 5) is 0. The van der Waals surface area contributed by atoms with Crippen LogP contribution < -0.4 is 10.5 Å². The zero-order valence-corrected chi connectivity index (χ0v) is 10.0. The van der Waals surface area contributed by atoms with Crippen LogP contribution in [0.25, 0.3) is 0 Å². The SMILES string of the molecule is NCc1cccc(Cl)c1OCCCCCO. The summed E-state index contributed by atoms with van der Waals surface area (Å²) in [6, 6.07) is 5.57. The lowest BCUT2D eigenvalue weighted by Crippen LogP contribution is -2.04. The van der Waals surface area contributed by atoms with Crippen molar-refractivity contribution in [3.63, 3.8) is 0 Å². The number of hydrogen-bond acceptors (Lipinski definition) is 3. The van der Waals surface area contributed by atoms with Crippen molar-refractivity contribution in [1.29, 1.82) is 0 Å². The molecule has 0 amide bonds. The quantitative estimate of drug-likeness (QED) is 0.723. The van der Waals surface area contributed by atoms with Crippen LogP contribution in [0.3, 0.4) is 0 Å². The molecule has 3 nitrogen and oxygen atoms in total. The van der Waals surface area contributed by atoms with Gasteiger partial charge in [0.2, 0.25) is 0 Å². The summed E-state index contributed by atoms with van der Waals surface area (Å²) in [6.07, 6.45) is 2.68. The number of rotatable bonds is 7. The Morgan fingerprint density at radius 2 is 2.06 bits per heavy atom. The molecule has 0 bridgehead atoms. The molecule has 1 aromatic carbocycles. The van der Waals surface area contributed by atoms with Gasteiger partial charge in [-0.1, -0.05) is 23.7 Å². The number of benzene rings is 1. The Bertz CT molecular complexity index is 318. The highest BCUT2D eigenvalue weighted by molar-refractivity contribution is 6.32. The Kier molecular flexibility index (Phi) is 6.23. The molecule has 1 rings (SSSR count). The van der Waals surface area contributed by atoms with Crippen molar-refractivity contribution in [2.24, 2.45) is 5.73 Å². The lowest BCUT2D eigenvalue weighted by atomic mass is 10.2. The van der Waals surface area contributed by atoms with Crippen molar-refractivity contribution >= 4 is 11.6 Å². The number of halogens is 1. The molecule has 0 aliphatic carbocycles. The number of aliphatic hydroxyl groups excluding tert-OH is 1. The third-order valence-electron chi connectivity index (χ3n) is 2.32. The van der Waals surface area contributed by atoms with Gasteiger partial charge in [0.25, 0.3) is 0 Å². The minimum Gasteiger partial charge on any atom is -0.492 e. The van der Waals surface area contributed by atoms with Crippen molar-refractivity contribution in [3.8, 4) is 5.75 Å². The van der Waals surface area contributed by atoms with Crippen molar-refractivity contribution in [2.45, 2.75) is 25.8 Å². The molecule has 0 heterocycles. The van der Waals surface area contributed by atoms with Crippen molar-refractivity contribution in [2.75, 3.05) is 13.2 Å². The van der Waals surface area contributed by atoms with Gasteiger partial charge in [-0.15, -0.1) is 0 Å². The predicted molar refractivity (Wildman–Crippen MR) is 65.8 cm³/mol. The first-order chi connectivity index (χ1) is 7.79. The fourth-order valence-corrected chi connectivity index (χ4v) is 1.69. The highest BCUT2D eigenvalue weighted by atomic mass is 35.5. The molecule has 0 aliphatic rings. The molecule has 16 heavy (non-hydrogen) atoms. The van der Waals surface area contributed by atoms with E-state index in [1.54, 1.807) is 6.07 Å². The molecule has 0 unspecified atom stereocenters. The van der Waals surface area contributed by atoms with E-state index in [1.807, 2.05) is 12.1 Å². The highest BCUT2D eigenvalue weighted by Gasteiger charge is 2.06. The zero-order valence-electron chi connectivity index (χ0n) is 9.29. The van der Waals surface area contributed by atoms with Gasteiger partial charge >= 0.3 is 0 Å². The van der Waals surface area contributed by atoms with Gasteiger partial charge < -0.3 is 15.6 Å². The van der Waals surface area contributed by atoms with Crippen LogP contribution in [-0.2, 0) is 6.54 Å². The molecular formula is C12H18ClNO2. The smallest absolute Gasteiger partial charge is 0.142 e. The van der Waals surface area contributed by atoms with Crippen LogP contribution in [0.15, 0.2) is 18.2 Å². The number of ether oxygens (including phenoxy) is 1. The molecule has 4 heteroatoms. The van der Waals surface area contributed by atoms with Crippen LogP contribution >= 0.6 is 11.6 Å². The minimum atomic E-state index is 0.236. The van der Waals surface area contributed by atoms with Crippen LogP contribution in [0.4, 0.5) is 0 Å². The average Bonchev–Trinajstić information content (AvgIpc) is 2.30. The summed E-state index contributed by atoms with van der Waals surface area (Å²) in [7, 11) is 0. The number of hydrogen-bond donors (Lipinski definition) is 2. The van der Waals surface area contributed by atoms with E-state index in [4.69, 9.17) is 27.2 Å². The first kappa shape index (κ1) is 13.3. The van der Waals surface area contributed by atoms with Crippen LogP contribution in [-0.4, -0.2) is 18.3 Å². The van der Waals surface area contributed by atoms with E-state index in [2.05, 4.69) is 0 Å². The summed E-state index contributed by atoms with van der Waals surface area (Å²) in [6.45, 7) is 1.27. The first-order valence-electron chi connectivity index (χ1n) is 5.50. The van der Waals surface area contributed by atoms with E-state index in [1.165, 1.54) is 0 Å². The summed E-state index contributed by atoms with van der Waals surface area (Å²) in [5, 5.41) is 9.23. The Labute approximate surface area is 101 Å². The van der Waals surface area contributed by atoms with Gasteiger partial charge in [0.05, 0.1) is 11.6 Å². The fraction of sp³-hybridized carbons (Fsp3) is 0.500. The maximum absolute atomic E-state index is 8.63. The van der Waals surface area contributed by atoms with Crippen LogP contribution in [0.1, 0.15) is 24.8 Å². The molecule has 1 aromatic rings. The van der Waals surface area contributed by atoms with Crippen molar-refractivity contribution < 1.29 is 9.84 Å².